The second-order valence-corrected chi connectivity index (χ2v) is 15.6. The molecule has 0 radical (unpaired) electrons. The maximum atomic E-state index is 6.08. The Morgan fingerprint density at radius 2 is 0.850 bits per heavy atom. The first kappa shape index (κ1) is 45.0. The van der Waals surface area contributed by atoms with Crippen LogP contribution in [0.5, 0.6) is 11.5 Å². The summed E-state index contributed by atoms with van der Waals surface area (Å²) < 4.78 is 27.8. The van der Waals surface area contributed by atoms with Gasteiger partial charge in [0, 0.05) is 85.1 Å². The smallest absolute Gasteiger partial charge is 0.119 e. The van der Waals surface area contributed by atoms with Gasteiger partial charge in [-0.05, 0) is 58.5 Å². The van der Waals surface area contributed by atoms with Crippen LogP contribution in [0.25, 0.3) is 0 Å². The van der Waals surface area contributed by atoms with Gasteiger partial charge in [0.25, 0.3) is 0 Å². The second-order valence-electron chi connectivity index (χ2n) is 15.6. The molecule has 0 saturated carbocycles. The number of methoxy groups -OCH3 is 2. The largest absolute Gasteiger partial charge is 0.497 e. The molecule has 1 atom stereocenters. The van der Waals surface area contributed by atoms with E-state index in [4.69, 9.17) is 23.7 Å². The van der Waals surface area contributed by atoms with E-state index < -0.39 is 0 Å². The highest BCUT2D eigenvalue weighted by Crippen LogP contribution is 2.21. The van der Waals surface area contributed by atoms with E-state index in [-0.39, 0.29) is 6.04 Å². The van der Waals surface area contributed by atoms with E-state index in [0.717, 1.165) is 89.9 Å². The predicted molar refractivity (Wildman–Crippen MR) is 242 cm³/mol. The first-order valence-electron chi connectivity index (χ1n) is 21.7. The molecule has 60 heavy (non-hydrogen) atoms. The van der Waals surface area contributed by atoms with Gasteiger partial charge < -0.3 is 23.7 Å². The first-order chi connectivity index (χ1) is 29.6. The Labute approximate surface area is 359 Å². The fourth-order valence-corrected chi connectivity index (χ4v) is 7.78. The van der Waals surface area contributed by atoms with Crippen LogP contribution in [0.3, 0.4) is 0 Å². The second kappa shape index (κ2) is 25.9. The molecule has 0 aromatic heterocycles. The van der Waals surface area contributed by atoms with Crippen molar-refractivity contribution in [2.24, 2.45) is 0 Å². The average Bonchev–Trinajstić information content (AvgIpc) is 3.29. The minimum atomic E-state index is 0.260. The maximum absolute atomic E-state index is 6.08. The van der Waals surface area contributed by atoms with Crippen LogP contribution in [0.1, 0.15) is 27.8 Å². The minimum Gasteiger partial charge on any atom is -0.497 e. The fraction of sp³-hybridized carbons (Fsp3) is 0.412. The molecular weight excluding hydrogens is 749 g/mol. The number of nitrogens with zero attached hydrogens (tertiary/aromatic N) is 4. The van der Waals surface area contributed by atoms with Crippen molar-refractivity contribution in [2.45, 2.75) is 38.6 Å². The van der Waals surface area contributed by atoms with Gasteiger partial charge in [-0.2, -0.15) is 0 Å². The Morgan fingerprint density at radius 3 is 1.40 bits per heavy atom. The van der Waals surface area contributed by atoms with Crippen LogP contribution in [0.4, 0.5) is 0 Å². The Hall–Kier alpha value is -4.58. The lowest BCUT2D eigenvalue weighted by Gasteiger charge is -2.39. The molecule has 1 aliphatic heterocycles. The summed E-state index contributed by atoms with van der Waals surface area (Å²) in [5.74, 6) is 1.74. The lowest BCUT2D eigenvalue weighted by Crippen LogP contribution is -2.50. The lowest BCUT2D eigenvalue weighted by molar-refractivity contribution is 0.0180. The average molecular weight is 815 g/mol. The van der Waals surface area contributed by atoms with Crippen LogP contribution in [0.2, 0.25) is 0 Å². The van der Waals surface area contributed by atoms with Crippen LogP contribution >= 0.6 is 0 Å². The van der Waals surface area contributed by atoms with E-state index in [9.17, 15) is 0 Å². The van der Waals surface area contributed by atoms with Crippen molar-refractivity contribution in [3.8, 4) is 11.5 Å². The molecule has 0 amide bonds. The molecule has 5 aromatic rings. The molecule has 1 saturated heterocycles. The molecule has 0 spiro atoms. The molecule has 5 aromatic carbocycles. The highest BCUT2D eigenvalue weighted by Gasteiger charge is 2.25. The summed E-state index contributed by atoms with van der Waals surface area (Å²) >= 11 is 0. The summed E-state index contributed by atoms with van der Waals surface area (Å²) in [6.07, 6.45) is 0.921. The Bertz CT molecular complexity index is 1850. The van der Waals surface area contributed by atoms with Crippen molar-refractivity contribution in [3.05, 3.63) is 167 Å². The molecule has 1 unspecified atom stereocenters. The molecule has 320 valence electrons. The zero-order valence-corrected chi connectivity index (χ0v) is 35.9. The van der Waals surface area contributed by atoms with Crippen LogP contribution < -0.4 is 9.47 Å². The molecule has 0 aliphatic carbocycles. The Morgan fingerprint density at radius 1 is 0.417 bits per heavy atom. The Balaban J connectivity index is 1.24. The third-order valence-corrected chi connectivity index (χ3v) is 11.1. The fourth-order valence-electron chi connectivity index (χ4n) is 7.78. The monoisotopic (exact) mass is 815 g/mol. The van der Waals surface area contributed by atoms with Crippen LogP contribution in [-0.2, 0) is 46.8 Å². The summed E-state index contributed by atoms with van der Waals surface area (Å²) in [7, 11) is 3.41. The maximum Gasteiger partial charge on any atom is 0.119 e. The Kier molecular flexibility index (Phi) is 19.4. The van der Waals surface area contributed by atoms with Crippen molar-refractivity contribution < 1.29 is 23.7 Å². The van der Waals surface area contributed by atoms with Crippen molar-refractivity contribution in [1.29, 1.82) is 0 Å². The third-order valence-electron chi connectivity index (χ3n) is 11.1. The van der Waals surface area contributed by atoms with Gasteiger partial charge in [0.2, 0.25) is 0 Å². The quantitative estimate of drug-likeness (QED) is 0.0695. The van der Waals surface area contributed by atoms with Crippen molar-refractivity contribution >= 4 is 0 Å². The van der Waals surface area contributed by atoms with Crippen molar-refractivity contribution in [2.75, 3.05) is 99.7 Å². The number of hydrogen-bond donors (Lipinski definition) is 0. The minimum absolute atomic E-state index is 0.260. The molecular formula is C51H66N4O5. The zero-order valence-electron chi connectivity index (χ0n) is 35.9. The first-order valence-corrected chi connectivity index (χ1v) is 21.7. The van der Waals surface area contributed by atoms with Gasteiger partial charge in [0.05, 0.1) is 40.1 Å². The van der Waals surface area contributed by atoms with Crippen molar-refractivity contribution in [3.63, 3.8) is 0 Å². The van der Waals surface area contributed by atoms with Crippen LogP contribution in [0.15, 0.2) is 140 Å². The van der Waals surface area contributed by atoms with Gasteiger partial charge >= 0.3 is 0 Å². The highest BCUT2D eigenvalue weighted by atomic mass is 16.6. The third kappa shape index (κ3) is 16.1. The summed E-state index contributed by atoms with van der Waals surface area (Å²) in [4.78, 5) is 10.8. The van der Waals surface area contributed by atoms with Crippen LogP contribution in [0, 0.1) is 0 Å². The molecule has 9 heteroatoms. The normalized spacial score (nSPS) is 16.5. The number of benzene rings is 5. The van der Waals surface area contributed by atoms with E-state index in [1.807, 2.05) is 0 Å². The molecule has 0 N–H and O–H groups in total. The number of rotatable bonds is 21. The van der Waals surface area contributed by atoms with E-state index in [2.05, 4.69) is 159 Å². The standard InChI is InChI=1S/C51H66N4O5/c1-56-32-33-58-34-35-59-36-37-60-51-24-18-44(19-25-51)38-49-43-54(41-48-20-22-50(57-2)23-21-48)29-28-52(39-45-12-6-3-7-13-45)26-27-53(40-46-14-8-4-9-15-46)30-31-55(49)42-47-16-10-5-11-17-47/h3-25,49H,26-43H2,1-2H3. The van der Waals surface area contributed by atoms with E-state index in [1.165, 1.54) is 27.8 Å². The van der Waals surface area contributed by atoms with Gasteiger partial charge in [-0.1, -0.05) is 115 Å². The molecule has 9 nitrogen and oxygen atoms in total. The zero-order chi connectivity index (χ0) is 41.5. The molecule has 0 bridgehead atoms. The number of ether oxygens (including phenoxy) is 5. The van der Waals surface area contributed by atoms with E-state index >= 15 is 0 Å². The van der Waals surface area contributed by atoms with Gasteiger partial charge in [0.1, 0.15) is 18.1 Å². The van der Waals surface area contributed by atoms with E-state index in [1.54, 1.807) is 14.2 Å². The number of hydrogen-bond acceptors (Lipinski definition) is 9. The molecule has 1 aliphatic rings. The van der Waals surface area contributed by atoms with E-state index in [0.29, 0.717) is 39.6 Å². The summed E-state index contributed by atoms with van der Waals surface area (Å²) in [5, 5.41) is 0. The molecule has 6 rings (SSSR count). The summed E-state index contributed by atoms with van der Waals surface area (Å²) in [5.41, 5.74) is 6.66. The van der Waals surface area contributed by atoms with Gasteiger partial charge in [0.15, 0.2) is 0 Å². The van der Waals surface area contributed by atoms with Crippen LogP contribution in [-0.4, -0.2) is 125 Å². The lowest BCUT2D eigenvalue weighted by atomic mass is 10.0. The SMILES string of the molecule is COCCOCCOCCOc1ccc(CC2CN(Cc3ccc(OC)cc3)CCN(Cc3ccccc3)CCN(Cc3ccccc3)CCN2Cc2ccccc2)cc1. The topological polar surface area (TPSA) is 59.1 Å². The van der Waals surface area contributed by atoms with Gasteiger partial charge in [-0.3, -0.25) is 19.6 Å². The predicted octanol–water partition coefficient (Wildman–Crippen LogP) is 7.69. The highest BCUT2D eigenvalue weighted by molar-refractivity contribution is 5.29. The van der Waals surface area contributed by atoms with Crippen molar-refractivity contribution in [1.82, 2.24) is 19.6 Å². The summed E-state index contributed by atoms with van der Waals surface area (Å²) in [6, 6.07) is 50.5. The molecule has 1 heterocycles. The van der Waals surface area contributed by atoms with Gasteiger partial charge in [-0.25, -0.2) is 0 Å². The summed E-state index contributed by atoms with van der Waals surface area (Å²) in [6.45, 7) is 13.7. The molecule has 1 fully saturated rings. The van der Waals surface area contributed by atoms with Gasteiger partial charge in [-0.15, -0.1) is 0 Å².